The van der Waals surface area contributed by atoms with E-state index in [2.05, 4.69) is 21.1 Å². The summed E-state index contributed by atoms with van der Waals surface area (Å²) in [6.45, 7) is 8.16. The van der Waals surface area contributed by atoms with Gasteiger partial charge in [0.25, 0.3) is 5.91 Å². The van der Waals surface area contributed by atoms with Crippen LogP contribution in [0.5, 0.6) is 5.75 Å². The van der Waals surface area contributed by atoms with Crippen molar-refractivity contribution in [1.82, 2.24) is 15.4 Å². The Labute approximate surface area is 187 Å². The molecule has 32 heavy (non-hydrogen) atoms. The summed E-state index contributed by atoms with van der Waals surface area (Å²) in [6.07, 6.45) is -0.165. The van der Waals surface area contributed by atoms with Gasteiger partial charge < -0.3 is 35.2 Å². The maximum atomic E-state index is 13.4. The minimum Gasteiger partial charge on any atom is -0.488 e. The molecule has 2 aromatic rings. The van der Waals surface area contributed by atoms with Crippen molar-refractivity contribution in [2.75, 3.05) is 37.4 Å². The normalized spacial score (nSPS) is 19.4. The second-order valence-corrected chi connectivity index (χ2v) is 8.17. The molecule has 3 amide bonds. The Hall–Kier alpha value is -3.11. The molecule has 4 N–H and O–H groups in total. The minimum atomic E-state index is -0.485. The molecule has 0 bridgehead atoms. The summed E-state index contributed by atoms with van der Waals surface area (Å²) in [5.74, 6) is 0.727. The summed E-state index contributed by atoms with van der Waals surface area (Å²) in [7, 11) is 1.85. The Morgan fingerprint density at radius 1 is 1.34 bits per heavy atom. The van der Waals surface area contributed by atoms with Crippen molar-refractivity contribution in [2.24, 2.45) is 5.92 Å². The van der Waals surface area contributed by atoms with Gasteiger partial charge in [-0.3, -0.25) is 4.79 Å². The molecule has 0 radical (unpaired) electrons. The molecule has 1 aromatic carbocycles. The molecule has 1 aliphatic heterocycles. The highest BCUT2D eigenvalue weighted by molar-refractivity contribution is 6.03. The van der Waals surface area contributed by atoms with Gasteiger partial charge in [-0.05, 0) is 46.0 Å². The number of hydrogen-bond acceptors (Lipinski definition) is 7. The number of aliphatic hydroxyl groups excluding tert-OH is 1. The minimum absolute atomic E-state index is 0.0483. The SMILES string of the molecule is CNC[C@H]1Oc2ccc(NC(=O)Nc3c(C)noc3C)cc2C(=O)N([C@@H](C)CO)C[C@H]1C. The van der Waals surface area contributed by atoms with Crippen molar-refractivity contribution < 1.29 is 24.0 Å². The lowest BCUT2D eigenvalue weighted by atomic mass is 9.99. The molecule has 0 aliphatic carbocycles. The lowest BCUT2D eigenvalue weighted by Gasteiger charge is -2.37. The van der Waals surface area contributed by atoms with Gasteiger partial charge in [-0.25, -0.2) is 4.79 Å². The molecule has 1 aliphatic rings. The van der Waals surface area contributed by atoms with Crippen LogP contribution in [0.4, 0.5) is 16.2 Å². The van der Waals surface area contributed by atoms with Crippen molar-refractivity contribution in [3.63, 3.8) is 0 Å². The highest BCUT2D eigenvalue weighted by atomic mass is 16.5. The average Bonchev–Trinajstić information content (AvgIpc) is 3.08. The molecule has 1 aromatic heterocycles. The third kappa shape index (κ3) is 5.03. The molecular formula is C22H31N5O5. The summed E-state index contributed by atoms with van der Waals surface area (Å²) in [5.41, 5.74) is 1.83. The fourth-order valence-electron chi connectivity index (χ4n) is 3.68. The molecule has 0 fully saturated rings. The second-order valence-electron chi connectivity index (χ2n) is 8.17. The van der Waals surface area contributed by atoms with Crippen LogP contribution in [-0.4, -0.2) is 66.0 Å². The van der Waals surface area contributed by atoms with E-state index in [-0.39, 0.29) is 30.6 Å². The van der Waals surface area contributed by atoms with Crippen LogP contribution >= 0.6 is 0 Å². The Balaban J connectivity index is 1.89. The van der Waals surface area contributed by atoms with Crippen molar-refractivity contribution in [3.05, 3.63) is 35.2 Å². The van der Waals surface area contributed by atoms with Crippen LogP contribution in [0, 0.1) is 19.8 Å². The fraction of sp³-hybridized carbons (Fsp3) is 0.500. The number of aromatic nitrogens is 1. The number of ether oxygens (including phenoxy) is 1. The zero-order valence-corrected chi connectivity index (χ0v) is 19.1. The van der Waals surface area contributed by atoms with Crippen LogP contribution in [0.1, 0.15) is 35.7 Å². The molecule has 3 atom stereocenters. The number of nitrogens with one attached hydrogen (secondary N) is 3. The van der Waals surface area contributed by atoms with Crippen LogP contribution < -0.4 is 20.7 Å². The first-order valence-corrected chi connectivity index (χ1v) is 10.6. The van der Waals surface area contributed by atoms with E-state index in [1.807, 2.05) is 14.0 Å². The largest absolute Gasteiger partial charge is 0.488 e. The summed E-state index contributed by atoms with van der Waals surface area (Å²) in [5, 5.41) is 22.1. The van der Waals surface area contributed by atoms with E-state index < -0.39 is 6.03 Å². The van der Waals surface area contributed by atoms with Crippen molar-refractivity contribution in [1.29, 1.82) is 0 Å². The van der Waals surface area contributed by atoms with E-state index in [9.17, 15) is 14.7 Å². The van der Waals surface area contributed by atoms with Crippen LogP contribution in [0.15, 0.2) is 22.7 Å². The predicted octanol–water partition coefficient (Wildman–Crippen LogP) is 2.37. The number of urea groups is 1. The number of anilines is 2. The third-order valence-corrected chi connectivity index (χ3v) is 5.60. The number of aryl methyl sites for hydroxylation is 2. The van der Waals surface area contributed by atoms with E-state index in [1.54, 1.807) is 43.9 Å². The van der Waals surface area contributed by atoms with Crippen LogP contribution in [-0.2, 0) is 0 Å². The molecule has 0 saturated carbocycles. The number of carbonyl (C=O) groups excluding carboxylic acids is 2. The Kier molecular flexibility index (Phi) is 7.37. The first-order valence-electron chi connectivity index (χ1n) is 10.6. The van der Waals surface area contributed by atoms with Gasteiger partial charge in [0.2, 0.25) is 0 Å². The van der Waals surface area contributed by atoms with Gasteiger partial charge >= 0.3 is 6.03 Å². The summed E-state index contributed by atoms with van der Waals surface area (Å²) in [4.78, 5) is 27.5. The van der Waals surface area contributed by atoms with Gasteiger partial charge in [0, 0.05) is 24.7 Å². The number of nitrogens with zero attached hydrogens (tertiary/aromatic N) is 2. The topological polar surface area (TPSA) is 129 Å². The van der Waals surface area contributed by atoms with Crippen LogP contribution in [0.25, 0.3) is 0 Å². The predicted molar refractivity (Wildman–Crippen MR) is 120 cm³/mol. The zero-order valence-electron chi connectivity index (χ0n) is 19.1. The van der Waals surface area contributed by atoms with Crippen molar-refractivity contribution >= 4 is 23.3 Å². The molecule has 0 saturated heterocycles. The smallest absolute Gasteiger partial charge is 0.323 e. The van der Waals surface area contributed by atoms with Crippen LogP contribution in [0.3, 0.4) is 0 Å². The molecule has 0 unspecified atom stereocenters. The van der Waals surface area contributed by atoms with Crippen molar-refractivity contribution in [2.45, 2.75) is 39.8 Å². The standard InChI is InChI=1S/C22H31N5O5/c1-12-10-27(13(2)11-28)21(29)17-8-16(6-7-18(17)31-19(12)9-23-5)24-22(30)25-20-14(3)26-32-15(20)4/h6-8,12-13,19,23,28H,9-11H2,1-5H3,(H2,24,25,30)/t12-,13+,19-/m1/s1. The molecule has 2 heterocycles. The number of benzene rings is 1. The number of rotatable bonds is 6. The first kappa shape index (κ1) is 23.6. The van der Waals surface area contributed by atoms with Crippen molar-refractivity contribution in [3.8, 4) is 5.75 Å². The number of fused-ring (bicyclic) bond motifs is 1. The number of amides is 3. The highest BCUT2D eigenvalue weighted by Crippen LogP contribution is 2.30. The lowest BCUT2D eigenvalue weighted by Crippen LogP contribution is -2.49. The molecule has 10 nitrogen and oxygen atoms in total. The van der Waals surface area contributed by atoms with E-state index in [1.165, 1.54) is 0 Å². The molecule has 174 valence electrons. The first-order chi connectivity index (χ1) is 15.2. The van der Waals surface area contributed by atoms with Gasteiger partial charge in [0.1, 0.15) is 23.2 Å². The number of likely N-dealkylation sites (N-methyl/N-ethyl adjacent to an activating group) is 1. The fourth-order valence-corrected chi connectivity index (χ4v) is 3.68. The monoisotopic (exact) mass is 445 g/mol. The summed E-state index contributed by atoms with van der Waals surface area (Å²) < 4.78 is 11.2. The zero-order chi connectivity index (χ0) is 23.4. The maximum Gasteiger partial charge on any atom is 0.323 e. The summed E-state index contributed by atoms with van der Waals surface area (Å²) in [6, 6.07) is 4.11. The second kappa shape index (κ2) is 10.0. The maximum absolute atomic E-state index is 13.4. The number of carbonyl (C=O) groups is 2. The molecule has 10 heteroatoms. The number of hydrogen-bond donors (Lipinski definition) is 4. The van der Waals surface area contributed by atoms with E-state index >= 15 is 0 Å². The van der Waals surface area contributed by atoms with Gasteiger partial charge in [-0.1, -0.05) is 12.1 Å². The van der Waals surface area contributed by atoms with Gasteiger partial charge in [-0.2, -0.15) is 0 Å². The van der Waals surface area contributed by atoms with E-state index in [0.29, 0.717) is 47.2 Å². The lowest BCUT2D eigenvalue weighted by molar-refractivity contribution is 0.0416. The highest BCUT2D eigenvalue weighted by Gasteiger charge is 2.32. The third-order valence-electron chi connectivity index (χ3n) is 5.60. The Bertz CT molecular complexity index is 956. The molecular weight excluding hydrogens is 414 g/mol. The van der Waals surface area contributed by atoms with Gasteiger partial charge in [0.05, 0.1) is 18.2 Å². The van der Waals surface area contributed by atoms with E-state index in [0.717, 1.165) is 0 Å². The Morgan fingerprint density at radius 3 is 2.72 bits per heavy atom. The Morgan fingerprint density at radius 2 is 2.09 bits per heavy atom. The molecule has 3 rings (SSSR count). The summed E-state index contributed by atoms with van der Waals surface area (Å²) >= 11 is 0. The van der Waals surface area contributed by atoms with Gasteiger partial charge in [-0.15, -0.1) is 0 Å². The van der Waals surface area contributed by atoms with Crippen LogP contribution in [0.2, 0.25) is 0 Å². The quantitative estimate of drug-likeness (QED) is 0.537. The van der Waals surface area contributed by atoms with E-state index in [4.69, 9.17) is 9.26 Å². The number of aliphatic hydroxyl groups is 1. The molecule has 0 spiro atoms. The van der Waals surface area contributed by atoms with Gasteiger partial charge in [0.15, 0.2) is 5.76 Å². The average molecular weight is 446 g/mol.